The van der Waals surface area contributed by atoms with Crippen LogP contribution in [0.3, 0.4) is 0 Å². The van der Waals surface area contributed by atoms with E-state index in [4.69, 9.17) is 20.8 Å². The quantitative estimate of drug-likeness (QED) is 0.803. The highest BCUT2D eigenvalue weighted by Crippen LogP contribution is 2.22. The van der Waals surface area contributed by atoms with E-state index in [9.17, 15) is 4.79 Å². The molecule has 1 unspecified atom stereocenters. The molecule has 1 aromatic rings. The van der Waals surface area contributed by atoms with Crippen molar-refractivity contribution in [3.05, 3.63) is 29.3 Å². The predicted octanol–water partition coefficient (Wildman–Crippen LogP) is 1.21. The molecule has 0 aliphatic heterocycles. The molecule has 1 rings (SSSR count). The third-order valence-electron chi connectivity index (χ3n) is 2.27. The Kier molecular flexibility index (Phi) is 5.49. The van der Waals surface area contributed by atoms with Gasteiger partial charge in [0, 0.05) is 11.5 Å². The Bertz CT molecular complexity index is 471. The van der Waals surface area contributed by atoms with Gasteiger partial charge in [-0.2, -0.15) is 17.0 Å². The molecule has 0 aromatic heterocycles. The molecule has 0 heterocycles. The summed E-state index contributed by atoms with van der Waals surface area (Å²) in [5.74, 6) is 0.499. The van der Waals surface area contributed by atoms with Gasteiger partial charge in [0.05, 0.1) is 12.7 Å². The minimum Gasteiger partial charge on any atom is -0.495 e. The summed E-state index contributed by atoms with van der Waals surface area (Å²) in [5.41, 5.74) is 6.84. The van der Waals surface area contributed by atoms with Crippen LogP contribution in [0.1, 0.15) is 11.1 Å². The molecule has 0 radical (unpaired) electrons. The number of hydrogen-bond acceptors (Lipinski definition) is 5. The van der Waals surface area contributed by atoms with Crippen molar-refractivity contribution in [3.63, 3.8) is 0 Å². The molecule has 1 aromatic carbocycles. The molecule has 0 spiro atoms. The lowest BCUT2D eigenvalue weighted by atomic mass is 10.1. The molecule has 0 saturated carbocycles. The van der Waals surface area contributed by atoms with Crippen molar-refractivity contribution in [2.75, 3.05) is 12.9 Å². The van der Waals surface area contributed by atoms with Gasteiger partial charge in [-0.15, -0.1) is 0 Å². The Labute approximate surface area is 110 Å². The number of nitrogens with zero attached hydrogens (tertiary/aromatic N) is 1. The number of hydrogen-bond donors (Lipinski definition) is 2. The van der Waals surface area contributed by atoms with Crippen molar-refractivity contribution in [1.82, 2.24) is 0 Å². The SMILES string of the molecule is COc1cc(CSCC(N)C(=O)O)ccc1C#N. The maximum atomic E-state index is 10.5. The highest BCUT2D eigenvalue weighted by atomic mass is 32.2. The van der Waals surface area contributed by atoms with E-state index in [1.807, 2.05) is 12.1 Å². The predicted molar refractivity (Wildman–Crippen MR) is 69.5 cm³/mol. The molecule has 1 atom stereocenters. The number of benzene rings is 1. The standard InChI is InChI=1S/C12H14N2O3S/c1-17-11-4-8(2-3-9(11)5-13)6-18-7-10(14)12(15)16/h2-4,10H,6-7,14H2,1H3,(H,15,16). The Hall–Kier alpha value is -1.71. The van der Waals surface area contributed by atoms with Gasteiger partial charge in [0.25, 0.3) is 0 Å². The maximum Gasteiger partial charge on any atom is 0.321 e. The van der Waals surface area contributed by atoms with E-state index in [0.29, 0.717) is 22.8 Å². The van der Waals surface area contributed by atoms with Crippen LogP contribution in [0.15, 0.2) is 18.2 Å². The first-order chi connectivity index (χ1) is 8.58. The normalized spacial score (nSPS) is 11.6. The monoisotopic (exact) mass is 266 g/mol. The van der Waals surface area contributed by atoms with Crippen molar-refractivity contribution in [2.45, 2.75) is 11.8 Å². The van der Waals surface area contributed by atoms with Crippen LogP contribution < -0.4 is 10.5 Å². The first-order valence-electron chi connectivity index (χ1n) is 5.21. The summed E-state index contributed by atoms with van der Waals surface area (Å²) < 4.78 is 5.09. The second-order valence-electron chi connectivity index (χ2n) is 3.61. The van der Waals surface area contributed by atoms with Crippen molar-refractivity contribution in [2.24, 2.45) is 5.73 Å². The fourth-order valence-corrected chi connectivity index (χ4v) is 2.22. The van der Waals surface area contributed by atoms with Crippen LogP contribution in [-0.2, 0) is 10.5 Å². The minimum atomic E-state index is -1.00. The third kappa shape index (κ3) is 3.95. The largest absolute Gasteiger partial charge is 0.495 e. The zero-order chi connectivity index (χ0) is 13.5. The number of carboxylic acids is 1. The van der Waals surface area contributed by atoms with Crippen LogP contribution >= 0.6 is 11.8 Å². The molecular formula is C12H14N2O3S. The molecular weight excluding hydrogens is 252 g/mol. The van der Waals surface area contributed by atoms with E-state index in [1.165, 1.54) is 18.9 Å². The van der Waals surface area contributed by atoms with Gasteiger partial charge < -0.3 is 15.6 Å². The van der Waals surface area contributed by atoms with Gasteiger partial charge >= 0.3 is 5.97 Å². The molecule has 0 bridgehead atoms. The van der Waals surface area contributed by atoms with E-state index >= 15 is 0 Å². The summed E-state index contributed by atoms with van der Waals surface area (Å²) in [7, 11) is 1.51. The van der Waals surface area contributed by atoms with Gasteiger partial charge in [-0.3, -0.25) is 4.79 Å². The Morgan fingerprint density at radius 2 is 2.39 bits per heavy atom. The van der Waals surface area contributed by atoms with Crippen LogP contribution in [0.2, 0.25) is 0 Å². The van der Waals surface area contributed by atoms with Crippen LogP contribution in [0.25, 0.3) is 0 Å². The smallest absolute Gasteiger partial charge is 0.321 e. The first-order valence-corrected chi connectivity index (χ1v) is 6.37. The van der Waals surface area contributed by atoms with Gasteiger partial charge in [0.1, 0.15) is 17.9 Å². The summed E-state index contributed by atoms with van der Waals surface area (Å²) >= 11 is 1.43. The number of carboxylic acid groups (broad SMARTS) is 1. The van der Waals surface area contributed by atoms with E-state index in [0.717, 1.165) is 5.56 Å². The molecule has 0 amide bonds. The van der Waals surface area contributed by atoms with Crippen molar-refractivity contribution in [3.8, 4) is 11.8 Å². The van der Waals surface area contributed by atoms with Crippen molar-refractivity contribution in [1.29, 1.82) is 5.26 Å². The number of ether oxygens (including phenoxy) is 1. The molecule has 18 heavy (non-hydrogen) atoms. The molecule has 0 aliphatic carbocycles. The summed E-state index contributed by atoms with van der Waals surface area (Å²) in [6, 6.07) is 6.46. The Morgan fingerprint density at radius 3 is 2.94 bits per heavy atom. The topological polar surface area (TPSA) is 96.3 Å². The zero-order valence-corrected chi connectivity index (χ0v) is 10.7. The highest BCUT2D eigenvalue weighted by Gasteiger charge is 2.11. The zero-order valence-electron chi connectivity index (χ0n) is 9.92. The van der Waals surface area contributed by atoms with Crippen LogP contribution in [-0.4, -0.2) is 30.0 Å². The minimum absolute atomic E-state index is 0.345. The van der Waals surface area contributed by atoms with E-state index in [-0.39, 0.29) is 0 Å². The van der Waals surface area contributed by atoms with E-state index in [1.54, 1.807) is 12.1 Å². The van der Waals surface area contributed by atoms with E-state index < -0.39 is 12.0 Å². The first kappa shape index (κ1) is 14.4. The summed E-state index contributed by atoms with van der Waals surface area (Å²) in [6.45, 7) is 0. The third-order valence-corrected chi connectivity index (χ3v) is 3.40. The Balaban J connectivity index is 2.59. The number of nitriles is 1. The lowest BCUT2D eigenvalue weighted by Crippen LogP contribution is -2.32. The van der Waals surface area contributed by atoms with E-state index in [2.05, 4.69) is 0 Å². The highest BCUT2D eigenvalue weighted by molar-refractivity contribution is 7.98. The second-order valence-corrected chi connectivity index (χ2v) is 4.64. The summed E-state index contributed by atoms with van der Waals surface area (Å²) in [5, 5.41) is 17.5. The molecule has 0 aliphatic rings. The second kappa shape index (κ2) is 6.89. The van der Waals surface area contributed by atoms with Crippen LogP contribution in [0, 0.1) is 11.3 Å². The van der Waals surface area contributed by atoms with Gasteiger partial charge in [0.15, 0.2) is 0 Å². The average Bonchev–Trinajstić information content (AvgIpc) is 2.38. The number of carbonyl (C=O) groups is 1. The molecule has 3 N–H and O–H groups in total. The molecule has 0 saturated heterocycles. The maximum absolute atomic E-state index is 10.5. The molecule has 96 valence electrons. The van der Waals surface area contributed by atoms with Crippen molar-refractivity contribution < 1.29 is 14.6 Å². The number of aliphatic carboxylic acids is 1. The van der Waals surface area contributed by atoms with Crippen LogP contribution in [0.5, 0.6) is 5.75 Å². The molecule has 0 fully saturated rings. The fraction of sp³-hybridized carbons (Fsp3) is 0.333. The number of rotatable bonds is 6. The average molecular weight is 266 g/mol. The lowest BCUT2D eigenvalue weighted by molar-refractivity contribution is -0.137. The summed E-state index contributed by atoms with van der Waals surface area (Å²) in [6.07, 6.45) is 0. The number of nitrogens with two attached hydrogens (primary N) is 1. The van der Waals surface area contributed by atoms with Crippen molar-refractivity contribution >= 4 is 17.7 Å². The van der Waals surface area contributed by atoms with Gasteiger partial charge in [0.2, 0.25) is 0 Å². The fourth-order valence-electron chi connectivity index (χ4n) is 1.29. The lowest BCUT2D eigenvalue weighted by Gasteiger charge is -2.08. The summed E-state index contributed by atoms with van der Waals surface area (Å²) in [4.78, 5) is 10.5. The number of methoxy groups -OCH3 is 1. The van der Waals surface area contributed by atoms with Gasteiger partial charge in [-0.1, -0.05) is 6.07 Å². The van der Waals surface area contributed by atoms with Gasteiger partial charge in [-0.05, 0) is 17.7 Å². The van der Waals surface area contributed by atoms with Crippen LogP contribution in [0.4, 0.5) is 0 Å². The molecule has 6 heteroatoms. The molecule has 5 nitrogen and oxygen atoms in total. The number of thioether (sulfide) groups is 1. The van der Waals surface area contributed by atoms with Gasteiger partial charge in [-0.25, -0.2) is 0 Å². The Morgan fingerprint density at radius 1 is 1.67 bits per heavy atom.